The topological polar surface area (TPSA) is 43.4 Å². The molecule has 0 aromatic carbocycles. The Morgan fingerprint density at radius 3 is 2.62 bits per heavy atom. The molecule has 0 saturated heterocycles. The first kappa shape index (κ1) is 12.8. The van der Waals surface area contributed by atoms with Crippen LogP contribution in [0.2, 0.25) is 0 Å². The molecule has 0 aliphatic heterocycles. The molecule has 1 N–H and O–H groups in total. The number of hydrogen-bond donors (Lipinski definition) is 1. The van der Waals surface area contributed by atoms with Gasteiger partial charge in [-0.2, -0.15) is 0 Å². The van der Waals surface area contributed by atoms with Gasteiger partial charge in [0.1, 0.15) is 0 Å². The molecular weight excluding hydrogens is 204 g/mol. The molecule has 1 rings (SSSR count). The monoisotopic (exact) mass is 224 g/mol. The summed E-state index contributed by atoms with van der Waals surface area (Å²) in [6.07, 6.45) is 1.01. The molecule has 1 unspecified atom stereocenters. The van der Waals surface area contributed by atoms with E-state index in [9.17, 15) is 0 Å². The maximum atomic E-state index is 5.14. The van der Waals surface area contributed by atoms with E-state index >= 15 is 0 Å². The van der Waals surface area contributed by atoms with Gasteiger partial charge in [0.25, 0.3) is 0 Å². The highest BCUT2D eigenvalue weighted by Gasteiger charge is 2.08. The first-order chi connectivity index (χ1) is 7.71. The van der Waals surface area contributed by atoms with Crippen molar-refractivity contribution >= 4 is 5.69 Å². The van der Waals surface area contributed by atoms with Crippen LogP contribution in [-0.2, 0) is 4.74 Å². The van der Waals surface area contributed by atoms with E-state index < -0.39 is 0 Å². The molecule has 16 heavy (non-hydrogen) atoms. The molecule has 0 fully saturated rings. The zero-order chi connectivity index (χ0) is 12.0. The van der Waals surface area contributed by atoms with Crippen molar-refractivity contribution < 1.29 is 9.47 Å². The highest BCUT2D eigenvalue weighted by Crippen LogP contribution is 2.18. The summed E-state index contributed by atoms with van der Waals surface area (Å²) < 4.78 is 10.2. The highest BCUT2D eigenvalue weighted by atomic mass is 16.5. The second kappa shape index (κ2) is 6.33. The number of aromatic nitrogens is 1. The van der Waals surface area contributed by atoms with Gasteiger partial charge in [0.2, 0.25) is 5.88 Å². The molecule has 0 bridgehead atoms. The molecule has 0 spiro atoms. The summed E-state index contributed by atoms with van der Waals surface area (Å²) in [5.41, 5.74) is 1.97. The van der Waals surface area contributed by atoms with Crippen molar-refractivity contribution in [3.8, 4) is 5.88 Å². The minimum atomic E-state index is 0.318. The lowest BCUT2D eigenvalue weighted by molar-refractivity contribution is 0.184. The van der Waals surface area contributed by atoms with Gasteiger partial charge in [-0.15, -0.1) is 0 Å². The molecule has 0 amide bonds. The van der Waals surface area contributed by atoms with Crippen LogP contribution in [0.1, 0.15) is 19.0 Å². The Bertz CT molecular complexity index is 329. The average molecular weight is 224 g/mol. The van der Waals surface area contributed by atoms with E-state index in [1.807, 2.05) is 19.1 Å². The molecule has 0 aliphatic rings. The molecule has 0 saturated carbocycles. The average Bonchev–Trinajstić information content (AvgIpc) is 2.30. The van der Waals surface area contributed by atoms with Crippen LogP contribution in [0.4, 0.5) is 5.69 Å². The fourth-order valence-electron chi connectivity index (χ4n) is 1.49. The number of pyridine rings is 1. The third kappa shape index (κ3) is 3.38. The molecule has 4 nitrogen and oxygen atoms in total. The molecule has 1 aromatic rings. The first-order valence-corrected chi connectivity index (χ1v) is 5.48. The summed E-state index contributed by atoms with van der Waals surface area (Å²) in [6, 6.07) is 4.16. The number of anilines is 1. The molecule has 0 aliphatic carbocycles. The van der Waals surface area contributed by atoms with Crippen molar-refractivity contribution in [2.45, 2.75) is 26.3 Å². The largest absolute Gasteiger partial charge is 0.481 e. The van der Waals surface area contributed by atoms with Gasteiger partial charge >= 0.3 is 0 Å². The smallest absolute Gasteiger partial charge is 0.213 e. The van der Waals surface area contributed by atoms with Gasteiger partial charge in [-0.05, 0) is 19.4 Å². The third-order valence-electron chi connectivity index (χ3n) is 2.49. The minimum Gasteiger partial charge on any atom is -0.481 e. The third-order valence-corrected chi connectivity index (χ3v) is 2.49. The first-order valence-electron chi connectivity index (χ1n) is 5.48. The maximum absolute atomic E-state index is 5.14. The van der Waals surface area contributed by atoms with Crippen LogP contribution in [0.15, 0.2) is 12.1 Å². The Kier molecular flexibility index (Phi) is 5.05. The van der Waals surface area contributed by atoms with Crippen molar-refractivity contribution in [3.63, 3.8) is 0 Å². The standard InChI is InChI=1S/C12H20N2O2/c1-5-10(8-15-3)14-11-6-7-12(16-4)13-9(11)2/h6-7,10,14H,5,8H2,1-4H3. The fraction of sp³-hybridized carbons (Fsp3) is 0.583. The Hall–Kier alpha value is -1.29. The van der Waals surface area contributed by atoms with Crippen LogP contribution < -0.4 is 10.1 Å². The van der Waals surface area contributed by atoms with Crippen molar-refractivity contribution in [1.82, 2.24) is 4.98 Å². The molecule has 4 heteroatoms. The van der Waals surface area contributed by atoms with Gasteiger partial charge in [-0.3, -0.25) is 0 Å². The van der Waals surface area contributed by atoms with E-state index in [1.54, 1.807) is 14.2 Å². The predicted octanol–water partition coefficient (Wildman–Crippen LogP) is 2.24. The van der Waals surface area contributed by atoms with Crippen LogP contribution in [0.3, 0.4) is 0 Å². The van der Waals surface area contributed by atoms with Gasteiger partial charge in [0.15, 0.2) is 0 Å². The molecule has 90 valence electrons. The lowest BCUT2D eigenvalue weighted by Gasteiger charge is -2.18. The van der Waals surface area contributed by atoms with E-state index in [4.69, 9.17) is 9.47 Å². The summed E-state index contributed by atoms with van der Waals surface area (Å²) in [7, 11) is 3.33. The second-order valence-electron chi connectivity index (χ2n) is 3.69. The Morgan fingerprint density at radius 2 is 2.12 bits per heavy atom. The van der Waals surface area contributed by atoms with Gasteiger partial charge < -0.3 is 14.8 Å². The van der Waals surface area contributed by atoms with E-state index in [0.29, 0.717) is 18.5 Å². The quantitative estimate of drug-likeness (QED) is 0.804. The summed E-state index contributed by atoms with van der Waals surface area (Å²) in [6.45, 7) is 4.79. The Labute approximate surface area is 97.0 Å². The summed E-state index contributed by atoms with van der Waals surface area (Å²) in [5.74, 6) is 0.642. The Morgan fingerprint density at radius 1 is 1.38 bits per heavy atom. The van der Waals surface area contributed by atoms with Crippen molar-refractivity contribution in [1.29, 1.82) is 0 Å². The van der Waals surface area contributed by atoms with E-state index in [-0.39, 0.29) is 0 Å². The predicted molar refractivity (Wildman–Crippen MR) is 65.1 cm³/mol. The fourth-order valence-corrected chi connectivity index (χ4v) is 1.49. The molecule has 1 heterocycles. The lowest BCUT2D eigenvalue weighted by Crippen LogP contribution is -2.24. The van der Waals surface area contributed by atoms with Crippen LogP contribution in [0.25, 0.3) is 0 Å². The molecule has 1 atom stereocenters. The minimum absolute atomic E-state index is 0.318. The number of nitrogens with zero attached hydrogens (tertiary/aromatic N) is 1. The zero-order valence-corrected chi connectivity index (χ0v) is 10.4. The maximum Gasteiger partial charge on any atom is 0.213 e. The van der Waals surface area contributed by atoms with Gasteiger partial charge in [0.05, 0.1) is 25.1 Å². The van der Waals surface area contributed by atoms with Gasteiger partial charge in [-0.25, -0.2) is 4.98 Å². The molecule has 1 aromatic heterocycles. The number of ether oxygens (including phenoxy) is 2. The summed E-state index contributed by atoms with van der Waals surface area (Å²) in [5, 5.41) is 3.41. The van der Waals surface area contributed by atoms with Crippen LogP contribution in [-0.4, -0.2) is 31.9 Å². The van der Waals surface area contributed by atoms with Crippen LogP contribution in [0, 0.1) is 6.92 Å². The molecule has 0 radical (unpaired) electrons. The van der Waals surface area contributed by atoms with Crippen LogP contribution >= 0.6 is 0 Å². The summed E-state index contributed by atoms with van der Waals surface area (Å²) in [4.78, 5) is 4.31. The van der Waals surface area contributed by atoms with Crippen molar-refractivity contribution in [3.05, 3.63) is 17.8 Å². The number of methoxy groups -OCH3 is 2. The summed E-state index contributed by atoms with van der Waals surface area (Å²) >= 11 is 0. The zero-order valence-electron chi connectivity index (χ0n) is 10.4. The number of aryl methyl sites for hydroxylation is 1. The number of rotatable bonds is 6. The van der Waals surface area contributed by atoms with E-state index in [1.165, 1.54) is 0 Å². The van der Waals surface area contributed by atoms with Gasteiger partial charge in [0, 0.05) is 19.2 Å². The van der Waals surface area contributed by atoms with E-state index in [0.717, 1.165) is 17.8 Å². The van der Waals surface area contributed by atoms with Crippen LogP contribution in [0.5, 0.6) is 5.88 Å². The highest BCUT2D eigenvalue weighted by molar-refractivity contribution is 5.49. The van der Waals surface area contributed by atoms with E-state index in [2.05, 4.69) is 17.2 Å². The van der Waals surface area contributed by atoms with Crippen molar-refractivity contribution in [2.24, 2.45) is 0 Å². The van der Waals surface area contributed by atoms with Crippen molar-refractivity contribution in [2.75, 3.05) is 26.1 Å². The Balaban J connectivity index is 2.72. The number of nitrogens with one attached hydrogen (secondary N) is 1. The lowest BCUT2D eigenvalue weighted by atomic mass is 10.2. The van der Waals surface area contributed by atoms with Gasteiger partial charge in [-0.1, -0.05) is 6.92 Å². The normalized spacial score (nSPS) is 12.2. The SMILES string of the molecule is CCC(COC)Nc1ccc(OC)nc1C. The number of hydrogen-bond acceptors (Lipinski definition) is 4. The molecular formula is C12H20N2O2. The second-order valence-corrected chi connectivity index (χ2v) is 3.69.